The molecular weight excluding hydrogens is 356 g/mol. The molecule has 0 saturated carbocycles. The summed E-state index contributed by atoms with van der Waals surface area (Å²) in [6, 6.07) is 16.5. The molecule has 1 aliphatic rings. The second kappa shape index (κ2) is 6.85. The number of phenols is 2. The lowest BCUT2D eigenvalue weighted by molar-refractivity contribution is 0.0696. The van der Waals surface area contributed by atoms with E-state index in [2.05, 4.69) is 0 Å². The summed E-state index contributed by atoms with van der Waals surface area (Å²) in [5.74, 6) is -1.21. The van der Waals surface area contributed by atoms with Gasteiger partial charge in [-0.05, 0) is 59.4 Å². The van der Waals surface area contributed by atoms with E-state index in [1.54, 1.807) is 48.5 Å². The normalized spacial score (nSPS) is 15.4. The lowest BCUT2D eigenvalue weighted by atomic mass is 9.94. The first-order valence-electron chi connectivity index (χ1n) is 8.94. The molecule has 0 saturated heterocycles. The number of fused-ring (bicyclic) bond motifs is 1. The zero-order valence-corrected chi connectivity index (χ0v) is 14.9. The van der Waals surface area contributed by atoms with Crippen LogP contribution in [0.25, 0.3) is 11.1 Å². The van der Waals surface area contributed by atoms with Gasteiger partial charge in [0.05, 0.1) is 5.56 Å². The third-order valence-corrected chi connectivity index (χ3v) is 5.16. The van der Waals surface area contributed by atoms with Gasteiger partial charge in [-0.3, -0.25) is 4.79 Å². The number of carboxylic acids is 1. The van der Waals surface area contributed by atoms with E-state index in [0.717, 1.165) is 16.7 Å². The summed E-state index contributed by atoms with van der Waals surface area (Å²) < 4.78 is 0. The van der Waals surface area contributed by atoms with Crippen molar-refractivity contribution in [2.75, 3.05) is 0 Å². The average Bonchev–Trinajstić information content (AvgIpc) is 2.97. The summed E-state index contributed by atoms with van der Waals surface area (Å²) in [4.78, 5) is 23.9. The number of benzene rings is 3. The Labute approximate surface area is 161 Å². The predicted molar refractivity (Wildman–Crippen MR) is 104 cm³/mol. The lowest BCUT2D eigenvalue weighted by Gasteiger charge is -2.10. The van der Waals surface area contributed by atoms with Gasteiger partial charge in [-0.15, -0.1) is 0 Å². The van der Waals surface area contributed by atoms with Gasteiger partial charge in [-0.2, -0.15) is 0 Å². The first-order chi connectivity index (χ1) is 13.4. The number of carbonyl (C=O) groups excluding carboxylic acids is 1. The number of carbonyl (C=O) groups is 2. The van der Waals surface area contributed by atoms with Crippen molar-refractivity contribution < 1.29 is 24.9 Å². The van der Waals surface area contributed by atoms with Crippen LogP contribution in [0.15, 0.2) is 60.7 Å². The molecule has 1 atom stereocenters. The number of ketones is 1. The third kappa shape index (κ3) is 3.22. The summed E-state index contributed by atoms with van der Waals surface area (Å²) in [7, 11) is 0. The van der Waals surface area contributed by atoms with Gasteiger partial charge in [0.15, 0.2) is 5.78 Å². The zero-order chi connectivity index (χ0) is 19.8. The highest BCUT2D eigenvalue weighted by Gasteiger charge is 2.32. The fourth-order valence-electron chi connectivity index (χ4n) is 3.85. The zero-order valence-electron chi connectivity index (χ0n) is 14.9. The van der Waals surface area contributed by atoms with E-state index in [9.17, 15) is 19.8 Å². The number of hydrogen-bond acceptors (Lipinski definition) is 4. The molecule has 28 heavy (non-hydrogen) atoms. The second-order valence-electron chi connectivity index (χ2n) is 7.04. The van der Waals surface area contributed by atoms with Gasteiger partial charge in [0, 0.05) is 17.5 Å². The van der Waals surface area contributed by atoms with E-state index in [1.165, 1.54) is 6.07 Å². The van der Waals surface area contributed by atoms with Gasteiger partial charge >= 0.3 is 5.97 Å². The van der Waals surface area contributed by atoms with Crippen LogP contribution >= 0.6 is 0 Å². The Hall–Kier alpha value is -3.60. The van der Waals surface area contributed by atoms with Crippen molar-refractivity contribution in [1.82, 2.24) is 0 Å². The maximum atomic E-state index is 12.9. The second-order valence-corrected chi connectivity index (χ2v) is 7.04. The molecule has 1 unspecified atom stereocenters. The Morgan fingerprint density at radius 2 is 1.57 bits per heavy atom. The van der Waals surface area contributed by atoms with Crippen LogP contribution in [0.2, 0.25) is 0 Å². The van der Waals surface area contributed by atoms with Gasteiger partial charge in [-0.25, -0.2) is 4.79 Å². The molecule has 0 amide bonds. The first kappa shape index (κ1) is 17.8. The van der Waals surface area contributed by atoms with E-state index in [4.69, 9.17) is 5.11 Å². The molecule has 3 N–H and O–H groups in total. The number of Topliss-reactive ketones (excluding diaryl/α,β-unsaturated/α-hetero) is 1. The molecule has 5 heteroatoms. The SMILES string of the molecule is O=C(O)c1ccc(CC2Cc3c(cccc3-c3cc(O)cc(O)c3)C2=O)cc1. The third-order valence-electron chi connectivity index (χ3n) is 5.16. The van der Waals surface area contributed by atoms with Gasteiger partial charge in [0.1, 0.15) is 11.5 Å². The first-order valence-corrected chi connectivity index (χ1v) is 8.94. The highest BCUT2D eigenvalue weighted by Crippen LogP contribution is 2.38. The predicted octanol–water partition coefficient (Wildman–Crippen LogP) is 4.06. The van der Waals surface area contributed by atoms with Crippen molar-refractivity contribution >= 4 is 11.8 Å². The van der Waals surface area contributed by atoms with E-state index in [0.29, 0.717) is 24.0 Å². The average molecular weight is 374 g/mol. The summed E-state index contributed by atoms with van der Waals surface area (Å²) in [6.07, 6.45) is 1.08. The molecule has 0 spiro atoms. The highest BCUT2D eigenvalue weighted by atomic mass is 16.4. The minimum absolute atomic E-state index is 0.0352. The molecule has 3 aromatic carbocycles. The largest absolute Gasteiger partial charge is 0.508 e. The van der Waals surface area contributed by atoms with Crippen molar-refractivity contribution in [2.24, 2.45) is 5.92 Å². The van der Waals surface area contributed by atoms with Crippen LogP contribution in [0.3, 0.4) is 0 Å². The Balaban J connectivity index is 1.64. The molecule has 0 aromatic heterocycles. The maximum Gasteiger partial charge on any atom is 0.335 e. The van der Waals surface area contributed by atoms with E-state index in [-0.39, 0.29) is 28.8 Å². The van der Waals surface area contributed by atoms with Crippen LogP contribution in [0.1, 0.15) is 31.8 Å². The summed E-state index contributed by atoms with van der Waals surface area (Å²) in [5.41, 5.74) is 4.18. The Morgan fingerprint density at radius 1 is 0.929 bits per heavy atom. The molecule has 3 aromatic rings. The molecule has 0 heterocycles. The van der Waals surface area contributed by atoms with Crippen LogP contribution in [0, 0.1) is 5.92 Å². The van der Waals surface area contributed by atoms with Gasteiger partial charge in [-0.1, -0.05) is 30.3 Å². The van der Waals surface area contributed by atoms with Crippen molar-refractivity contribution in [3.63, 3.8) is 0 Å². The molecule has 0 bridgehead atoms. The fourth-order valence-corrected chi connectivity index (χ4v) is 3.85. The van der Waals surface area contributed by atoms with Crippen LogP contribution in [0.4, 0.5) is 0 Å². The Kier molecular flexibility index (Phi) is 4.35. The number of phenolic OH excluding ortho intramolecular Hbond substituents is 2. The molecule has 1 aliphatic carbocycles. The summed E-state index contributed by atoms with van der Waals surface area (Å²) in [5, 5.41) is 28.6. The van der Waals surface area contributed by atoms with Gasteiger partial charge in [0.25, 0.3) is 0 Å². The molecule has 0 radical (unpaired) electrons. The summed E-state index contributed by atoms with van der Waals surface area (Å²) in [6.45, 7) is 0. The minimum atomic E-state index is -0.977. The van der Waals surface area contributed by atoms with E-state index in [1.807, 2.05) is 6.07 Å². The fraction of sp³-hybridized carbons (Fsp3) is 0.130. The Morgan fingerprint density at radius 3 is 2.21 bits per heavy atom. The molecule has 140 valence electrons. The van der Waals surface area contributed by atoms with Crippen molar-refractivity contribution in [1.29, 1.82) is 0 Å². The van der Waals surface area contributed by atoms with Crippen LogP contribution in [0.5, 0.6) is 11.5 Å². The minimum Gasteiger partial charge on any atom is -0.508 e. The number of aromatic carboxylic acids is 1. The molecule has 0 fully saturated rings. The number of hydrogen-bond donors (Lipinski definition) is 3. The monoisotopic (exact) mass is 374 g/mol. The quantitative estimate of drug-likeness (QED) is 0.640. The van der Waals surface area contributed by atoms with Gasteiger partial charge in [0.2, 0.25) is 0 Å². The van der Waals surface area contributed by atoms with Crippen molar-refractivity contribution in [2.45, 2.75) is 12.8 Å². The molecule has 4 rings (SSSR count). The van der Waals surface area contributed by atoms with Crippen molar-refractivity contribution in [3.8, 4) is 22.6 Å². The van der Waals surface area contributed by atoms with Gasteiger partial charge < -0.3 is 15.3 Å². The number of carboxylic acid groups (broad SMARTS) is 1. The van der Waals surface area contributed by atoms with Crippen LogP contribution < -0.4 is 0 Å². The van der Waals surface area contributed by atoms with E-state index < -0.39 is 5.97 Å². The smallest absolute Gasteiger partial charge is 0.335 e. The van der Waals surface area contributed by atoms with Crippen molar-refractivity contribution in [3.05, 3.63) is 82.9 Å². The topological polar surface area (TPSA) is 94.8 Å². The highest BCUT2D eigenvalue weighted by molar-refractivity contribution is 6.04. The van der Waals surface area contributed by atoms with Crippen LogP contribution in [-0.4, -0.2) is 27.1 Å². The Bertz CT molecular complexity index is 1060. The van der Waals surface area contributed by atoms with E-state index >= 15 is 0 Å². The number of aromatic hydroxyl groups is 2. The number of rotatable bonds is 4. The molecule has 5 nitrogen and oxygen atoms in total. The molecular formula is C23H18O5. The van der Waals surface area contributed by atoms with Crippen LogP contribution in [-0.2, 0) is 12.8 Å². The standard InChI is InChI=1S/C23H18O5/c24-17-9-15(10-18(25)12-17)19-2-1-3-20-21(19)11-16(22(20)26)8-13-4-6-14(7-5-13)23(27)28/h1-7,9-10,12,16,24-25H,8,11H2,(H,27,28). The lowest BCUT2D eigenvalue weighted by Crippen LogP contribution is -2.12. The molecule has 0 aliphatic heterocycles. The maximum absolute atomic E-state index is 12.9. The summed E-state index contributed by atoms with van der Waals surface area (Å²) >= 11 is 0.